The quantitative estimate of drug-likeness (QED) is 0.907. The number of carboxylic acid groups (broad SMARTS) is 1. The Morgan fingerprint density at radius 2 is 1.91 bits per heavy atom. The number of hydrogen-bond acceptors (Lipinski definition) is 3. The first-order valence-electron chi connectivity index (χ1n) is 8.11. The van der Waals surface area contributed by atoms with Gasteiger partial charge in [-0.15, -0.1) is 0 Å². The van der Waals surface area contributed by atoms with Gasteiger partial charge in [0.05, 0.1) is 0 Å². The zero-order valence-electron chi connectivity index (χ0n) is 14.3. The number of nitrogens with two attached hydrogens (primary N) is 1. The fourth-order valence-corrected chi connectivity index (χ4v) is 3.49. The molecule has 1 atom stereocenters. The van der Waals surface area contributed by atoms with Crippen LogP contribution in [0.15, 0.2) is 12.1 Å². The van der Waals surface area contributed by atoms with E-state index in [9.17, 15) is 4.79 Å². The molecule has 0 fully saturated rings. The van der Waals surface area contributed by atoms with Crippen LogP contribution in [0.3, 0.4) is 0 Å². The lowest BCUT2D eigenvalue weighted by Gasteiger charge is -2.18. The van der Waals surface area contributed by atoms with E-state index in [0.717, 1.165) is 29.7 Å². The summed E-state index contributed by atoms with van der Waals surface area (Å²) in [4.78, 5) is 13.6. The van der Waals surface area contributed by atoms with E-state index in [1.54, 1.807) is 0 Å². The summed E-state index contributed by atoms with van der Waals surface area (Å²) in [6.45, 7) is 8.41. The molecular weight excluding hydrogens is 290 g/mol. The molecule has 124 valence electrons. The maximum atomic E-state index is 11.1. The van der Waals surface area contributed by atoms with Crippen LogP contribution >= 0.6 is 0 Å². The molecule has 0 spiro atoms. The number of carbonyl (C=O) groups is 1. The Labute approximate surface area is 136 Å². The maximum absolute atomic E-state index is 11.1. The summed E-state index contributed by atoms with van der Waals surface area (Å²) in [7, 11) is 2.04. The highest BCUT2D eigenvalue weighted by Gasteiger charge is 2.25. The van der Waals surface area contributed by atoms with E-state index in [-0.39, 0.29) is 0 Å². The molecule has 1 aliphatic rings. The number of fused-ring (bicyclic) bond motifs is 2. The van der Waals surface area contributed by atoms with Gasteiger partial charge in [-0.3, -0.25) is 9.69 Å². The molecule has 1 aliphatic heterocycles. The SMILES string of the molecule is Cc1c(CC(N)C(=O)O)c2cc3c(cc2n1C)CN(C(C)C)C3. The third-order valence-corrected chi connectivity index (χ3v) is 5.16. The van der Waals surface area contributed by atoms with Crippen LogP contribution in [0.2, 0.25) is 0 Å². The van der Waals surface area contributed by atoms with Gasteiger partial charge >= 0.3 is 5.97 Å². The van der Waals surface area contributed by atoms with Gasteiger partial charge < -0.3 is 15.4 Å². The zero-order chi connectivity index (χ0) is 16.9. The van der Waals surface area contributed by atoms with E-state index in [0.29, 0.717) is 12.5 Å². The topological polar surface area (TPSA) is 71.5 Å². The summed E-state index contributed by atoms with van der Waals surface area (Å²) in [6, 6.07) is 4.16. The number of nitrogens with zero attached hydrogens (tertiary/aromatic N) is 2. The maximum Gasteiger partial charge on any atom is 0.320 e. The highest BCUT2D eigenvalue weighted by atomic mass is 16.4. The molecule has 3 rings (SSSR count). The van der Waals surface area contributed by atoms with Gasteiger partial charge in [0, 0.05) is 49.2 Å². The van der Waals surface area contributed by atoms with Gasteiger partial charge in [-0.1, -0.05) is 0 Å². The summed E-state index contributed by atoms with van der Waals surface area (Å²) >= 11 is 0. The first-order valence-corrected chi connectivity index (χ1v) is 8.11. The van der Waals surface area contributed by atoms with Crippen molar-refractivity contribution < 1.29 is 9.90 Å². The van der Waals surface area contributed by atoms with Crippen molar-refractivity contribution in [2.24, 2.45) is 12.8 Å². The molecule has 23 heavy (non-hydrogen) atoms. The Hall–Kier alpha value is -1.85. The lowest BCUT2D eigenvalue weighted by Crippen LogP contribution is -2.32. The largest absolute Gasteiger partial charge is 0.480 e. The first kappa shape index (κ1) is 16.0. The third-order valence-electron chi connectivity index (χ3n) is 5.16. The molecule has 0 radical (unpaired) electrons. The van der Waals surface area contributed by atoms with E-state index in [4.69, 9.17) is 10.8 Å². The van der Waals surface area contributed by atoms with Gasteiger partial charge in [0.25, 0.3) is 0 Å². The molecule has 0 amide bonds. The van der Waals surface area contributed by atoms with Crippen LogP contribution in [-0.2, 0) is 31.4 Å². The Morgan fingerprint density at radius 3 is 2.48 bits per heavy atom. The van der Waals surface area contributed by atoms with Crippen LogP contribution < -0.4 is 5.73 Å². The third kappa shape index (κ3) is 2.64. The monoisotopic (exact) mass is 315 g/mol. The fraction of sp³-hybridized carbons (Fsp3) is 0.500. The molecule has 2 aromatic rings. The Bertz CT molecular complexity index is 776. The minimum Gasteiger partial charge on any atom is -0.480 e. The minimum atomic E-state index is -0.950. The summed E-state index contributed by atoms with van der Waals surface area (Å²) in [5.41, 5.74) is 11.8. The predicted molar refractivity (Wildman–Crippen MR) is 91.4 cm³/mol. The Balaban J connectivity index is 2.08. The van der Waals surface area contributed by atoms with Crippen molar-refractivity contribution in [1.82, 2.24) is 9.47 Å². The van der Waals surface area contributed by atoms with Crippen molar-refractivity contribution >= 4 is 16.9 Å². The van der Waals surface area contributed by atoms with Crippen LogP contribution in [-0.4, -0.2) is 32.6 Å². The summed E-state index contributed by atoms with van der Waals surface area (Å²) in [6.07, 6.45) is 0.366. The van der Waals surface area contributed by atoms with Crippen molar-refractivity contribution in [1.29, 1.82) is 0 Å². The Kier molecular flexibility index (Phi) is 3.94. The van der Waals surface area contributed by atoms with E-state index in [1.807, 2.05) is 14.0 Å². The predicted octanol–water partition coefficient (Wildman–Crippen LogP) is 2.17. The number of benzene rings is 1. The van der Waals surface area contributed by atoms with Crippen LogP contribution in [0.5, 0.6) is 0 Å². The lowest BCUT2D eigenvalue weighted by molar-refractivity contribution is -0.138. The highest BCUT2D eigenvalue weighted by molar-refractivity contribution is 5.88. The molecule has 0 saturated heterocycles. The lowest BCUT2D eigenvalue weighted by atomic mass is 10.00. The van der Waals surface area contributed by atoms with Gasteiger partial charge in [-0.25, -0.2) is 0 Å². The van der Waals surface area contributed by atoms with Gasteiger partial charge in [-0.2, -0.15) is 0 Å². The molecular formula is C18H25N3O2. The van der Waals surface area contributed by atoms with Gasteiger partial charge in [-0.05, 0) is 49.6 Å². The average Bonchev–Trinajstić information content (AvgIpc) is 3.00. The minimum absolute atomic E-state index is 0.366. The second kappa shape index (κ2) is 5.65. The summed E-state index contributed by atoms with van der Waals surface area (Å²) < 4.78 is 2.15. The fourth-order valence-electron chi connectivity index (χ4n) is 3.49. The average molecular weight is 315 g/mol. The number of aryl methyl sites for hydroxylation is 1. The molecule has 1 aromatic carbocycles. The van der Waals surface area contributed by atoms with E-state index in [1.165, 1.54) is 16.6 Å². The standard InChI is InChI=1S/C18H25N3O2/c1-10(2)21-8-12-5-15-14(7-16(19)18(22)23)11(3)20(4)17(15)6-13(12)9-21/h5-6,10,16H,7-9,19H2,1-4H3,(H,22,23). The van der Waals surface area contributed by atoms with Crippen LogP contribution in [0, 0.1) is 6.92 Å². The normalized spacial score (nSPS) is 16.3. The molecule has 1 aromatic heterocycles. The van der Waals surface area contributed by atoms with Crippen LogP contribution in [0.25, 0.3) is 10.9 Å². The molecule has 2 heterocycles. The number of hydrogen-bond donors (Lipinski definition) is 2. The second-order valence-electron chi connectivity index (χ2n) is 6.91. The van der Waals surface area contributed by atoms with E-state index in [2.05, 4.69) is 35.4 Å². The van der Waals surface area contributed by atoms with Crippen molar-refractivity contribution in [2.75, 3.05) is 0 Å². The molecule has 0 saturated carbocycles. The van der Waals surface area contributed by atoms with Crippen molar-refractivity contribution in [3.63, 3.8) is 0 Å². The van der Waals surface area contributed by atoms with Gasteiger partial charge in [0.1, 0.15) is 6.04 Å². The Morgan fingerprint density at radius 1 is 1.30 bits per heavy atom. The molecule has 0 bridgehead atoms. The van der Waals surface area contributed by atoms with Gasteiger partial charge in [0.15, 0.2) is 0 Å². The summed E-state index contributed by atoms with van der Waals surface area (Å²) in [5.74, 6) is -0.950. The van der Waals surface area contributed by atoms with E-state index >= 15 is 0 Å². The first-order chi connectivity index (χ1) is 10.8. The van der Waals surface area contributed by atoms with Gasteiger partial charge in [0.2, 0.25) is 0 Å². The number of aromatic nitrogens is 1. The molecule has 5 nitrogen and oxygen atoms in total. The van der Waals surface area contributed by atoms with Crippen molar-refractivity contribution in [2.45, 2.75) is 52.4 Å². The van der Waals surface area contributed by atoms with Crippen molar-refractivity contribution in [3.8, 4) is 0 Å². The number of rotatable bonds is 4. The highest BCUT2D eigenvalue weighted by Crippen LogP contribution is 2.33. The molecule has 5 heteroatoms. The van der Waals surface area contributed by atoms with Crippen molar-refractivity contribution in [3.05, 3.63) is 34.5 Å². The van der Waals surface area contributed by atoms with Crippen LogP contribution in [0.1, 0.15) is 36.2 Å². The molecule has 1 unspecified atom stereocenters. The molecule has 0 aliphatic carbocycles. The smallest absolute Gasteiger partial charge is 0.320 e. The summed E-state index contributed by atoms with van der Waals surface area (Å²) in [5, 5.41) is 10.3. The molecule has 3 N–H and O–H groups in total. The van der Waals surface area contributed by atoms with E-state index < -0.39 is 12.0 Å². The number of carboxylic acids is 1. The second-order valence-corrected chi connectivity index (χ2v) is 6.91. The van der Waals surface area contributed by atoms with Crippen LogP contribution in [0.4, 0.5) is 0 Å². The zero-order valence-corrected chi connectivity index (χ0v) is 14.3. The number of aliphatic carboxylic acids is 1.